The first-order valence-corrected chi connectivity index (χ1v) is 8.78. The van der Waals surface area contributed by atoms with Crippen molar-refractivity contribution >= 4 is 21.8 Å². The number of amides is 1. The van der Waals surface area contributed by atoms with Gasteiger partial charge in [-0.25, -0.2) is 0 Å². The van der Waals surface area contributed by atoms with Crippen molar-refractivity contribution in [2.75, 3.05) is 6.54 Å². The molecule has 3 rings (SSSR count). The summed E-state index contributed by atoms with van der Waals surface area (Å²) in [5, 5.41) is 2.90. The lowest BCUT2D eigenvalue weighted by Crippen LogP contribution is -2.26. The second kappa shape index (κ2) is 8.53. The van der Waals surface area contributed by atoms with Crippen LogP contribution in [-0.2, 0) is 13.0 Å². The molecule has 5 heteroatoms. The number of carbonyl (C=O) groups is 1. The van der Waals surface area contributed by atoms with Crippen LogP contribution in [0.3, 0.4) is 0 Å². The van der Waals surface area contributed by atoms with E-state index in [4.69, 9.17) is 9.15 Å². The molecule has 1 amide bonds. The van der Waals surface area contributed by atoms with Crippen molar-refractivity contribution in [3.63, 3.8) is 0 Å². The minimum atomic E-state index is -0.156. The minimum Gasteiger partial charge on any atom is -0.488 e. The Morgan fingerprint density at radius 2 is 1.96 bits per heavy atom. The second-order valence-corrected chi connectivity index (χ2v) is 6.42. The monoisotopic (exact) mass is 399 g/mol. The highest BCUT2D eigenvalue weighted by molar-refractivity contribution is 9.10. The standard InChI is InChI=1S/C20H18BrNO3/c21-16-6-3-5-15(13-16)14-25-19-9-2-1-8-18(19)20(23)22-11-10-17-7-4-12-24-17/h1-9,12-13H,10-11,14H2,(H,22,23). The van der Waals surface area contributed by atoms with Gasteiger partial charge in [0.05, 0.1) is 11.8 Å². The van der Waals surface area contributed by atoms with Gasteiger partial charge in [-0.2, -0.15) is 0 Å². The fourth-order valence-corrected chi connectivity index (χ4v) is 2.86. The highest BCUT2D eigenvalue weighted by atomic mass is 79.9. The summed E-state index contributed by atoms with van der Waals surface area (Å²) in [6, 6.07) is 18.9. The first kappa shape index (κ1) is 17.3. The molecule has 2 aromatic carbocycles. The van der Waals surface area contributed by atoms with Gasteiger partial charge >= 0.3 is 0 Å². The molecule has 0 aliphatic carbocycles. The van der Waals surface area contributed by atoms with E-state index >= 15 is 0 Å². The molecular formula is C20H18BrNO3. The van der Waals surface area contributed by atoms with Gasteiger partial charge in [-0.3, -0.25) is 4.79 Å². The van der Waals surface area contributed by atoms with E-state index in [1.807, 2.05) is 48.5 Å². The Bertz CT molecular complexity index is 830. The molecule has 0 fully saturated rings. The molecule has 0 aliphatic rings. The molecule has 0 saturated carbocycles. The van der Waals surface area contributed by atoms with Crippen LogP contribution < -0.4 is 10.1 Å². The molecule has 0 unspecified atom stereocenters. The van der Waals surface area contributed by atoms with Crippen LogP contribution >= 0.6 is 15.9 Å². The number of furan rings is 1. The van der Waals surface area contributed by atoms with Crippen molar-refractivity contribution < 1.29 is 13.9 Å². The third-order valence-electron chi connectivity index (χ3n) is 3.65. The molecule has 0 radical (unpaired) electrons. The molecule has 0 saturated heterocycles. The predicted octanol–water partition coefficient (Wildman–Crippen LogP) is 4.59. The maximum absolute atomic E-state index is 12.4. The minimum absolute atomic E-state index is 0.156. The quantitative estimate of drug-likeness (QED) is 0.631. The molecule has 0 aliphatic heterocycles. The summed E-state index contributed by atoms with van der Waals surface area (Å²) in [5.41, 5.74) is 1.55. The Balaban J connectivity index is 1.60. The maximum Gasteiger partial charge on any atom is 0.255 e. The van der Waals surface area contributed by atoms with Crippen molar-refractivity contribution in [3.05, 3.63) is 88.3 Å². The molecule has 25 heavy (non-hydrogen) atoms. The molecule has 0 bridgehead atoms. The van der Waals surface area contributed by atoms with E-state index < -0.39 is 0 Å². The number of hydrogen-bond donors (Lipinski definition) is 1. The van der Waals surface area contributed by atoms with Crippen LogP contribution in [0.15, 0.2) is 75.8 Å². The Labute approximate surface area is 154 Å². The van der Waals surface area contributed by atoms with Crippen LogP contribution in [0.1, 0.15) is 21.7 Å². The number of carbonyl (C=O) groups excluding carboxylic acids is 1. The summed E-state index contributed by atoms with van der Waals surface area (Å²) in [5.74, 6) is 1.26. The first-order chi connectivity index (χ1) is 12.2. The predicted molar refractivity (Wildman–Crippen MR) is 99.7 cm³/mol. The van der Waals surface area contributed by atoms with E-state index in [9.17, 15) is 4.79 Å². The number of rotatable bonds is 7. The zero-order valence-electron chi connectivity index (χ0n) is 13.6. The highest BCUT2D eigenvalue weighted by Crippen LogP contribution is 2.20. The van der Waals surface area contributed by atoms with E-state index in [0.29, 0.717) is 30.9 Å². The molecule has 1 N–H and O–H groups in total. The molecular weight excluding hydrogens is 382 g/mol. The number of halogens is 1. The largest absolute Gasteiger partial charge is 0.488 e. The third-order valence-corrected chi connectivity index (χ3v) is 4.15. The van der Waals surface area contributed by atoms with E-state index in [1.165, 1.54) is 0 Å². The van der Waals surface area contributed by atoms with Crippen molar-refractivity contribution in [2.45, 2.75) is 13.0 Å². The Morgan fingerprint density at radius 1 is 1.08 bits per heavy atom. The topological polar surface area (TPSA) is 51.5 Å². The zero-order valence-corrected chi connectivity index (χ0v) is 15.2. The fraction of sp³-hybridized carbons (Fsp3) is 0.150. The SMILES string of the molecule is O=C(NCCc1ccco1)c1ccccc1OCc1cccc(Br)c1. The molecule has 4 nitrogen and oxygen atoms in total. The number of ether oxygens (including phenoxy) is 1. The second-order valence-electron chi connectivity index (χ2n) is 5.50. The van der Waals surface area contributed by atoms with Gasteiger partial charge in [-0.05, 0) is 42.0 Å². The number of para-hydroxylation sites is 1. The average Bonchev–Trinajstić information content (AvgIpc) is 3.14. The number of hydrogen-bond acceptors (Lipinski definition) is 3. The summed E-state index contributed by atoms with van der Waals surface area (Å²) in [6.45, 7) is 0.905. The summed E-state index contributed by atoms with van der Waals surface area (Å²) in [4.78, 5) is 12.4. The van der Waals surface area contributed by atoms with Crippen LogP contribution in [0.5, 0.6) is 5.75 Å². The van der Waals surface area contributed by atoms with Crippen LogP contribution in [0.4, 0.5) is 0 Å². The lowest BCUT2D eigenvalue weighted by Gasteiger charge is -2.12. The van der Waals surface area contributed by atoms with Gasteiger partial charge < -0.3 is 14.5 Å². The highest BCUT2D eigenvalue weighted by Gasteiger charge is 2.12. The van der Waals surface area contributed by atoms with Gasteiger partial charge in [0.2, 0.25) is 0 Å². The Morgan fingerprint density at radius 3 is 2.76 bits per heavy atom. The van der Waals surface area contributed by atoms with E-state index in [2.05, 4.69) is 21.2 Å². The Kier molecular flexibility index (Phi) is 5.90. The third kappa shape index (κ3) is 4.97. The van der Waals surface area contributed by atoms with E-state index in [0.717, 1.165) is 15.8 Å². The number of benzene rings is 2. The van der Waals surface area contributed by atoms with Gasteiger partial charge in [0, 0.05) is 17.4 Å². The molecule has 128 valence electrons. The van der Waals surface area contributed by atoms with Crippen molar-refractivity contribution in [1.82, 2.24) is 5.32 Å². The van der Waals surface area contributed by atoms with Gasteiger partial charge in [-0.15, -0.1) is 0 Å². The maximum atomic E-state index is 12.4. The molecule has 1 heterocycles. The summed E-state index contributed by atoms with van der Waals surface area (Å²) in [7, 11) is 0. The van der Waals surface area contributed by atoms with Crippen molar-refractivity contribution in [1.29, 1.82) is 0 Å². The van der Waals surface area contributed by atoms with Gasteiger partial charge in [-0.1, -0.05) is 40.2 Å². The average molecular weight is 400 g/mol. The van der Waals surface area contributed by atoms with Gasteiger partial charge in [0.15, 0.2) is 0 Å². The molecule has 1 aromatic heterocycles. The Hall–Kier alpha value is -2.53. The molecule has 3 aromatic rings. The first-order valence-electron chi connectivity index (χ1n) is 7.99. The lowest BCUT2D eigenvalue weighted by atomic mass is 10.2. The lowest BCUT2D eigenvalue weighted by molar-refractivity contribution is 0.0949. The van der Waals surface area contributed by atoms with E-state index in [-0.39, 0.29) is 5.91 Å². The fourth-order valence-electron chi connectivity index (χ4n) is 2.42. The van der Waals surface area contributed by atoms with Crippen LogP contribution in [0, 0.1) is 0 Å². The van der Waals surface area contributed by atoms with Crippen molar-refractivity contribution in [2.24, 2.45) is 0 Å². The normalized spacial score (nSPS) is 10.4. The van der Waals surface area contributed by atoms with Crippen LogP contribution in [-0.4, -0.2) is 12.5 Å². The van der Waals surface area contributed by atoms with Gasteiger partial charge in [0.1, 0.15) is 18.1 Å². The van der Waals surface area contributed by atoms with Gasteiger partial charge in [0.25, 0.3) is 5.91 Å². The summed E-state index contributed by atoms with van der Waals surface area (Å²) >= 11 is 3.44. The van der Waals surface area contributed by atoms with Crippen LogP contribution in [0.25, 0.3) is 0 Å². The molecule has 0 atom stereocenters. The smallest absolute Gasteiger partial charge is 0.255 e. The molecule has 0 spiro atoms. The zero-order chi connectivity index (χ0) is 17.5. The van der Waals surface area contributed by atoms with E-state index in [1.54, 1.807) is 18.4 Å². The van der Waals surface area contributed by atoms with Crippen LogP contribution in [0.2, 0.25) is 0 Å². The summed E-state index contributed by atoms with van der Waals surface area (Å²) < 4.78 is 12.1. The summed E-state index contributed by atoms with van der Waals surface area (Å²) in [6.07, 6.45) is 2.28. The number of nitrogens with one attached hydrogen (secondary N) is 1. The van der Waals surface area contributed by atoms with Crippen molar-refractivity contribution in [3.8, 4) is 5.75 Å².